The second kappa shape index (κ2) is 6.20. The third kappa shape index (κ3) is 2.65. The van der Waals surface area contributed by atoms with Crippen molar-refractivity contribution in [2.75, 3.05) is 12.0 Å². The van der Waals surface area contributed by atoms with Crippen molar-refractivity contribution in [2.45, 2.75) is 6.92 Å². The number of amides is 1. The van der Waals surface area contributed by atoms with E-state index in [1.807, 2.05) is 0 Å². The first-order chi connectivity index (χ1) is 12.0. The molecule has 0 radical (unpaired) electrons. The summed E-state index contributed by atoms with van der Waals surface area (Å²) in [6.45, 7) is 1.34. The number of benzene rings is 2. The third-order valence-corrected chi connectivity index (χ3v) is 3.90. The van der Waals surface area contributed by atoms with Gasteiger partial charge in [0.1, 0.15) is 0 Å². The van der Waals surface area contributed by atoms with E-state index in [0.717, 1.165) is 0 Å². The van der Waals surface area contributed by atoms with E-state index in [4.69, 9.17) is 4.74 Å². The topological polar surface area (TPSA) is 89.8 Å². The number of nitro groups is 1. The summed E-state index contributed by atoms with van der Waals surface area (Å²) in [6, 6.07) is 11.3. The minimum Gasteiger partial charge on any atom is -0.490 e. The number of hydrogen-bond acceptors (Lipinski definition) is 5. The Morgan fingerprint density at radius 2 is 1.92 bits per heavy atom. The SMILES string of the molecule is COc1cccc(/C=C2\C(=O)c3ccccc3N2C(C)=O)c1[N+](=O)[O-]. The molecule has 0 aromatic heterocycles. The molecule has 0 aliphatic carbocycles. The predicted molar refractivity (Wildman–Crippen MR) is 91.6 cm³/mol. The number of ether oxygens (including phenoxy) is 1. The summed E-state index contributed by atoms with van der Waals surface area (Å²) in [6.07, 6.45) is 1.35. The maximum Gasteiger partial charge on any atom is 0.318 e. The molecule has 25 heavy (non-hydrogen) atoms. The Hall–Kier alpha value is -3.48. The Kier molecular flexibility index (Phi) is 4.06. The summed E-state index contributed by atoms with van der Waals surface area (Å²) in [5.41, 5.74) is 0.855. The van der Waals surface area contributed by atoms with Gasteiger partial charge in [0, 0.05) is 12.5 Å². The van der Waals surface area contributed by atoms with Crippen LogP contribution in [0.3, 0.4) is 0 Å². The maximum atomic E-state index is 12.7. The van der Waals surface area contributed by atoms with Crippen LogP contribution < -0.4 is 9.64 Å². The molecule has 0 unspecified atom stereocenters. The lowest BCUT2D eigenvalue weighted by Gasteiger charge is -2.16. The Morgan fingerprint density at radius 1 is 1.20 bits per heavy atom. The number of nitrogens with zero attached hydrogens (tertiary/aromatic N) is 2. The van der Waals surface area contributed by atoms with Crippen molar-refractivity contribution in [1.82, 2.24) is 0 Å². The number of carbonyl (C=O) groups is 2. The van der Waals surface area contributed by atoms with Gasteiger partial charge in [0.15, 0.2) is 5.75 Å². The number of carbonyl (C=O) groups excluding carboxylic acids is 2. The summed E-state index contributed by atoms with van der Waals surface area (Å²) >= 11 is 0. The van der Waals surface area contributed by atoms with E-state index in [2.05, 4.69) is 0 Å². The van der Waals surface area contributed by atoms with Crippen LogP contribution in [-0.4, -0.2) is 23.7 Å². The third-order valence-electron chi connectivity index (χ3n) is 3.90. The van der Waals surface area contributed by atoms with Gasteiger partial charge in [-0.15, -0.1) is 0 Å². The first kappa shape index (κ1) is 16.4. The van der Waals surface area contributed by atoms with Crippen molar-refractivity contribution in [3.8, 4) is 5.75 Å². The van der Waals surface area contributed by atoms with Gasteiger partial charge in [-0.1, -0.05) is 18.2 Å². The van der Waals surface area contributed by atoms with Gasteiger partial charge in [0.2, 0.25) is 11.7 Å². The van der Waals surface area contributed by atoms with Crippen LogP contribution in [-0.2, 0) is 4.79 Å². The second-order valence-corrected chi connectivity index (χ2v) is 5.39. The highest BCUT2D eigenvalue weighted by atomic mass is 16.6. The van der Waals surface area contributed by atoms with Gasteiger partial charge in [-0.25, -0.2) is 0 Å². The fraction of sp³-hybridized carbons (Fsp3) is 0.111. The van der Waals surface area contributed by atoms with E-state index in [1.54, 1.807) is 30.3 Å². The van der Waals surface area contributed by atoms with Crippen LogP contribution in [0.15, 0.2) is 48.2 Å². The van der Waals surface area contributed by atoms with Crippen LogP contribution >= 0.6 is 0 Å². The van der Waals surface area contributed by atoms with Crippen LogP contribution in [0.2, 0.25) is 0 Å². The molecule has 1 aliphatic heterocycles. The van der Waals surface area contributed by atoms with Crippen molar-refractivity contribution in [3.05, 3.63) is 69.4 Å². The van der Waals surface area contributed by atoms with E-state index >= 15 is 0 Å². The van der Waals surface area contributed by atoms with Crippen molar-refractivity contribution < 1.29 is 19.2 Å². The lowest BCUT2D eigenvalue weighted by molar-refractivity contribution is -0.386. The van der Waals surface area contributed by atoms with Crippen LogP contribution in [0.5, 0.6) is 5.75 Å². The standard InChI is InChI=1S/C18H14N2O5/c1-11(21)19-14-8-4-3-7-13(14)18(22)15(19)10-12-6-5-9-16(25-2)17(12)20(23)24/h3-10H,1-2H3/b15-10+. The molecule has 1 aliphatic rings. The zero-order chi connectivity index (χ0) is 18.1. The Balaban J connectivity index is 2.21. The smallest absolute Gasteiger partial charge is 0.318 e. The molecule has 0 fully saturated rings. The maximum absolute atomic E-state index is 12.7. The average Bonchev–Trinajstić information content (AvgIpc) is 2.87. The van der Waals surface area contributed by atoms with E-state index in [9.17, 15) is 19.7 Å². The summed E-state index contributed by atoms with van der Waals surface area (Å²) in [4.78, 5) is 36.9. The largest absolute Gasteiger partial charge is 0.490 e. The number of allylic oxidation sites excluding steroid dienone is 1. The highest BCUT2D eigenvalue weighted by molar-refractivity contribution is 6.26. The molecule has 1 amide bonds. The molecule has 2 aromatic carbocycles. The van der Waals surface area contributed by atoms with E-state index < -0.39 is 4.92 Å². The van der Waals surface area contributed by atoms with E-state index in [1.165, 1.54) is 37.1 Å². The molecule has 2 aromatic rings. The minimum atomic E-state index is -0.574. The number of hydrogen-bond donors (Lipinski definition) is 0. The van der Waals surface area contributed by atoms with Crippen molar-refractivity contribution >= 4 is 29.1 Å². The molecule has 1 heterocycles. The molecule has 7 nitrogen and oxygen atoms in total. The number of rotatable bonds is 3. The number of anilines is 1. The van der Waals surface area contributed by atoms with Crippen LogP contribution in [0.1, 0.15) is 22.8 Å². The van der Waals surface area contributed by atoms with Crippen molar-refractivity contribution in [1.29, 1.82) is 0 Å². The number of nitro benzene ring substituents is 1. The zero-order valence-electron chi connectivity index (χ0n) is 13.6. The molecule has 7 heteroatoms. The number of Topliss-reactive ketones (excluding diaryl/α,β-unsaturated/α-hetero) is 1. The van der Waals surface area contributed by atoms with Gasteiger partial charge in [0.05, 0.1) is 29.0 Å². The van der Waals surface area contributed by atoms with Gasteiger partial charge >= 0.3 is 5.69 Å². The highest BCUT2D eigenvalue weighted by Gasteiger charge is 2.35. The van der Waals surface area contributed by atoms with Gasteiger partial charge in [0.25, 0.3) is 0 Å². The van der Waals surface area contributed by atoms with Gasteiger partial charge in [-0.05, 0) is 30.3 Å². The molecule has 0 saturated heterocycles. The number of methoxy groups -OCH3 is 1. The van der Waals surface area contributed by atoms with Gasteiger partial charge in [-0.2, -0.15) is 0 Å². The lowest BCUT2D eigenvalue weighted by Crippen LogP contribution is -2.25. The zero-order valence-corrected chi connectivity index (χ0v) is 13.6. The molecule has 0 N–H and O–H groups in total. The Labute approximate surface area is 143 Å². The fourth-order valence-corrected chi connectivity index (χ4v) is 2.86. The number of ketones is 1. The van der Waals surface area contributed by atoms with Gasteiger partial charge in [-0.3, -0.25) is 24.6 Å². The Morgan fingerprint density at radius 3 is 2.56 bits per heavy atom. The quantitative estimate of drug-likeness (QED) is 0.487. The molecule has 0 atom stereocenters. The molecule has 126 valence electrons. The molecule has 3 rings (SSSR count). The van der Waals surface area contributed by atoms with E-state index in [-0.39, 0.29) is 34.4 Å². The summed E-state index contributed by atoms with van der Waals surface area (Å²) < 4.78 is 5.04. The van der Waals surface area contributed by atoms with Gasteiger partial charge < -0.3 is 4.74 Å². The molecule has 0 saturated carbocycles. The van der Waals surface area contributed by atoms with Crippen molar-refractivity contribution in [3.63, 3.8) is 0 Å². The van der Waals surface area contributed by atoms with E-state index in [0.29, 0.717) is 11.3 Å². The second-order valence-electron chi connectivity index (χ2n) is 5.39. The first-order valence-corrected chi connectivity index (χ1v) is 7.43. The van der Waals surface area contributed by atoms with Crippen molar-refractivity contribution in [2.24, 2.45) is 0 Å². The number of para-hydroxylation sites is 2. The molecule has 0 spiro atoms. The molecular weight excluding hydrogens is 324 g/mol. The monoisotopic (exact) mass is 338 g/mol. The van der Waals surface area contributed by atoms with Crippen LogP contribution in [0.25, 0.3) is 6.08 Å². The van der Waals surface area contributed by atoms with Crippen LogP contribution in [0.4, 0.5) is 11.4 Å². The predicted octanol–water partition coefficient (Wildman–Crippen LogP) is 3.19. The normalized spacial score (nSPS) is 14.6. The molecule has 0 bridgehead atoms. The lowest BCUT2D eigenvalue weighted by atomic mass is 10.1. The minimum absolute atomic E-state index is 0.0741. The number of fused-ring (bicyclic) bond motifs is 1. The fourth-order valence-electron chi connectivity index (χ4n) is 2.86. The average molecular weight is 338 g/mol. The summed E-state index contributed by atoms with van der Waals surface area (Å²) in [5.74, 6) is -0.630. The molecular formula is C18H14N2O5. The first-order valence-electron chi connectivity index (χ1n) is 7.43. The van der Waals surface area contributed by atoms with Crippen LogP contribution in [0, 0.1) is 10.1 Å². The highest BCUT2D eigenvalue weighted by Crippen LogP contribution is 2.38. The summed E-state index contributed by atoms with van der Waals surface area (Å²) in [7, 11) is 1.33. The summed E-state index contributed by atoms with van der Waals surface area (Å²) in [5, 5.41) is 11.4. The Bertz CT molecular complexity index is 933.